The molecule has 0 aliphatic rings. The van der Waals surface area contributed by atoms with E-state index in [9.17, 15) is 10.2 Å². The zero-order chi connectivity index (χ0) is 14.8. The molecule has 1 rings (SSSR count). The van der Waals surface area contributed by atoms with Crippen molar-refractivity contribution in [3.8, 4) is 5.75 Å². The van der Waals surface area contributed by atoms with Gasteiger partial charge in [-0.3, -0.25) is 0 Å². The van der Waals surface area contributed by atoms with Gasteiger partial charge in [0, 0.05) is 6.61 Å². The van der Waals surface area contributed by atoms with Crippen molar-refractivity contribution in [2.45, 2.75) is 45.3 Å². The molecular weight excluding hydrogens is 256 g/mol. The highest BCUT2D eigenvalue weighted by Gasteiger charge is 2.07. The summed E-state index contributed by atoms with van der Waals surface area (Å²) in [5.74, 6) is 0.685. The minimum atomic E-state index is -0.618. The Morgan fingerprint density at radius 2 is 1.75 bits per heavy atom. The van der Waals surface area contributed by atoms with Gasteiger partial charge >= 0.3 is 0 Å². The standard InChI is InChI=1S/C16H26O4/c1-3-5-10-19-11-14(17)12-20-15-8-6-13(7-9-15)16(18)4-2/h6-9,14,16-18H,3-5,10-12H2,1-2H3. The van der Waals surface area contributed by atoms with Gasteiger partial charge < -0.3 is 19.7 Å². The molecule has 0 amide bonds. The second kappa shape index (κ2) is 9.75. The van der Waals surface area contributed by atoms with E-state index in [1.165, 1.54) is 0 Å². The van der Waals surface area contributed by atoms with Gasteiger partial charge in [-0.25, -0.2) is 0 Å². The van der Waals surface area contributed by atoms with Gasteiger partial charge in [0.25, 0.3) is 0 Å². The van der Waals surface area contributed by atoms with Gasteiger partial charge in [0.15, 0.2) is 0 Å². The van der Waals surface area contributed by atoms with Crippen molar-refractivity contribution in [3.05, 3.63) is 29.8 Å². The first kappa shape index (κ1) is 17.0. The van der Waals surface area contributed by atoms with E-state index in [-0.39, 0.29) is 6.61 Å². The normalized spacial score (nSPS) is 14.0. The van der Waals surface area contributed by atoms with Crippen molar-refractivity contribution < 1.29 is 19.7 Å². The molecule has 2 N–H and O–H groups in total. The zero-order valence-corrected chi connectivity index (χ0v) is 12.4. The maximum atomic E-state index is 9.70. The maximum Gasteiger partial charge on any atom is 0.119 e. The number of benzene rings is 1. The number of aliphatic hydroxyl groups is 2. The van der Waals surface area contributed by atoms with Crippen LogP contribution in [0, 0.1) is 0 Å². The highest BCUT2D eigenvalue weighted by atomic mass is 16.5. The number of ether oxygens (including phenoxy) is 2. The van der Waals surface area contributed by atoms with Crippen molar-refractivity contribution in [1.29, 1.82) is 0 Å². The Morgan fingerprint density at radius 1 is 1.05 bits per heavy atom. The van der Waals surface area contributed by atoms with Crippen molar-refractivity contribution >= 4 is 0 Å². The highest BCUT2D eigenvalue weighted by Crippen LogP contribution is 2.19. The topological polar surface area (TPSA) is 58.9 Å². The van der Waals surface area contributed by atoms with Gasteiger partial charge in [-0.1, -0.05) is 32.4 Å². The lowest BCUT2D eigenvalue weighted by molar-refractivity contribution is 0.0113. The van der Waals surface area contributed by atoms with Crippen LogP contribution in [0.1, 0.15) is 44.8 Å². The van der Waals surface area contributed by atoms with E-state index >= 15 is 0 Å². The van der Waals surface area contributed by atoms with Gasteiger partial charge in [0.1, 0.15) is 18.5 Å². The smallest absolute Gasteiger partial charge is 0.119 e. The summed E-state index contributed by atoms with van der Waals surface area (Å²) in [5, 5.41) is 19.4. The third-order valence-electron chi connectivity index (χ3n) is 3.05. The summed E-state index contributed by atoms with van der Waals surface area (Å²) < 4.78 is 10.8. The average Bonchev–Trinajstić information content (AvgIpc) is 2.49. The predicted octanol–water partition coefficient (Wildman–Crippen LogP) is 2.69. The molecule has 0 bridgehead atoms. The Morgan fingerprint density at radius 3 is 2.35 bits per heavy atom. The fourth-order valence-electron chi connectivity index (χ4n) is 1.73. The lowest BCUT2D eigenvalue weighted by atomic mass is 10.1. The SMILES string of the molecule is CCCCOCC(O)COc1ccc(C(O)CC)cc1. The zero-order valence-electron chi connectivity index (χ0n) is 12.4. The number of aliphatic hydroxyl groups excluding tert-OH is 2. The third-order valence-corrected chi connectivity index (χ3v) is 3.05. The Bertz CT molecular complexity index is 350. The number of hydrogen-bond acceptors (Lipinski definition) is 4. The lowest BCUT2D eigenvalue weighted by Gasteiger charge is -2.13. The van der Waals surface area contributed by atoms with Gasteiger partial charge in [-0.05, 0) is 30.5 Å². The Hall–Kier alpha value is -1.10. The molecule has 4 nitrogen and oxygen atoms in total. The lowest BCUT2D eigenvalue weighted by Crippen LogP contribution is -2.23. The molecular formula is C16H26O4. The number of hydrogen-bond donors (Lipinski definition) is 2. The minimum Gasteiger partial charge on any atom is -0.491 e. The van der Waals surface area contributed by atoms with E-state index in [0.29, 0.717) is 25.4 Å². The molecule has 1 aromatic rings. The molecule has 20 heavy (non-hydrogen) atoms. The van der Waals surface area contributed by atoms with Crippen LogP contribution in [0.5, 0.6) is 5.75 Å². The molecule has 4 heteroatoms. The first-order chi connectivity index (χ1) is 9.67. The molecule has 0 heterocycles. The molecule has 2 unspecified atom stereocenters. The van der Waals surface area contributed by atoms with Crippen LogP contribution in [-0.4, -0.2) is 36.1 Å². The molecule has 0 radical (unpaired) electrons. The van der Waals surface area contributed by atoms with Crippen molar-refractivity contribution in [2.75, 3.05) is 19.8 Å². The molecule has 0 saturated carbocycles. The van der Waals surface area contributed by atoms with E-state index in [1.807, 2.05) is 19.1 Å². The molecule has 0 aliphatic carbocycles. The van der Waals surface area contributed by atoms with Gasteiger partial charge in [0.2, 0.25) is 0 Å². The van der Waals surface area contributed by atoms with E-state index in [1.54, 1.807) is 12.1 Å². The summed E-state index contributed by atoms with van der Waals surface area (Å²) in [4.78, 5) is 0. The molecule has 0 saturated heterocycles. The third kappa shape index (κ3) is 6.37. The van der Waals surface area contributed by atoms with Crippen LogP contribution in [0.2, 0.25) is 0 Å². The minimum absolute atomic E-state index is 0.210. The second-order valence-electron chi connectivity index (χ2n) is 4.89. The van der Waals surface area contributed by atoms with Crippen molar-refractivity contribution in [3.63, 3.8) is 0 Å². The van der Waals surface area contributed by atoms with Crippen LogP contribution in [0.15, 0.2) is 24.3 Å². The van der Waals surface area contributed by atoms with Crippen molar-refractivity contribution in [1.82, 2.24) is 0 Å². The first-order valence-corrected chi connectivity index (χ1v) is 7.34. The maximum absolute atomic E-state index is 9.70. The highest BCUT2D eigenvalue weighted by molar-refractivity contribution is 5.28. The van der Waals surface area contributed by atoms with Crippen molar-refractivity contribution in [2.24, 2.45) is 0 Å². The molecule has 0 aromatic heterocycles. The van der Waals surface area contributed by atoms with Crippen LogP contribution in [0.4, 0.5) is 0 Å². The van der Waals surface area contributed by atoms with Crippen LogP contribution < -0.4 is 4.74 Å². The second-order valence-corrected chi connectivity index (χ2v) is 4.89. The van der Waals surface area contributed by atoms with Gasteiger partial charge in [0.05, 0.1) is 12.7 Å². The van der Waals surface area contributed by atoms with E-state index < -0.39 is 12.2 Å². The molecule has 0 aliphatic heterocycles. The summed E-state index contributed by atoms with van der Waals surface area (Å²) in [6.07, 6.45) is 1.74. The summed E-state index contributed by atoms with van der Waals surface area (Å²) in [6, 6.07) is 7.29. The summed E-state index contributed by atoms with van der Waals surface area (Å²) in [6.45, 7) is 5.22. The molecule has 0 fully saturated rings. The first-order valence-electron chi connectivity index (χ1n) is 7.34. The molecule has 0 spiro atoms. The van der Waals surface area contributed by atoms with Crippen LogP contribution in [-0.2, 0) is 4.74 Å². The van der Waals surface area contributed by atoms with E-state index in [2.05, 4.69) is 6.92 Å². The molecule has 2 atom stereocenters. The summed E-state index contributed by atoms with van der Waals surface area (Å²) in [5.41, 5.74) is 0.878. The summed E-state index contributed by atoms with van der Waals surface area (Å²) in [7, 11) is 0. The number of rotatable bonds is 10. The Kier molecular flexibility index (Phi) is 8.26. The molecule has 114 valence electrons. The average molecular weight is 282 g/mol. The Balaban J connectivity index is 2.27. The fraction of sp³-hybridized carbons (Fsp3) is 0.625. The monoisotopic (exact) mass is 282 g/mol. The summed E-state index contributed by atoms with van der Waals surface area (Å²) >= 11 is 0. The van der Waals surface area contributed by atoms with Crippen LogP contribution in [0.3, 0.4) is 0 Å². The van der Waals surface area contributed by atoms with Crippen LogP contribution >= 0.6 is 0 Å². The van der Waals surface area contributed by atoms with Gasteiger partial charge in [-0.15, -0.1) is 0 Å². The fourth-order valence-corrected chi connectivity index (χ4v) is 1.73. The van der Waals surface area contributed by atoms with Gasteiger partial charge in [-0.2, -0.15) is 0 Å². The van der Waals surface area contributed by atoms with Crippen LogP contribution in [0.25, 0.3) is 0 Å². The molecule has 1 aromatic carbocycles. The quantitative estimate of drug-likeness (QED) is 0.648. The van der Waals surface area contributed by atoms with E-state index in [4.69, 9.17) is 9.47 Å². The Labute approximate surface area is 121 Å². The predicted molar refractivity (Wildman–Crippen MR) is 78.9 cm³/mol. The number of unbranched alkanes of at least 4 members (excludes halogenated alkanes) is 1. The largest absolute Gasteiger partial charge is 0.491 e. The van der Waals surface area contributed by atoms with E-state index in [0.717, 1.165) is 18.4 Å².